The Balaban J connectivity index is 1.69. The molecule has 0 unspecified atom stereocenters. The molecule has 2 aromatic rings. The second kappa shape index (κ2) is 5.98. The first kappa shape index (κ1) is 13.7. The van der Waals surface area contributed by atoms with Crippen LogP contribution in [0.5, 0.6) is 0 Å². The minimum absolute atomic E-state index is 0.969. The first-order chi connectivity index (χ1) is 9.72. The molecule has 1 N–H and O–H groups in total. The molecule has 2 aromatic carbocycles. The van der Waals surface area contributed by atoms with Crippen molar-refractivity contribution in [1.29, 1.82) is 0 Å². The van der Waals surface area contributed by atoms with Crippen molar-refractivity contribution in [3.8, 4) is 0 Å². The van der Waals surface area contributed by atoms with E-state index in [1.807, 2.05) is 0 Å². The number of para-hydroxylation sites is 1. The molecule has 1 aliphatic rings. The summed E-state index contributed by atoms with van der Waals surface area (Å²) in [7, 11) is 2.18. The van der Waals surface area contributed by atoms with Gasteiger partial charge in [-0.1, -0.05) is 46.3 Å². The monoisotopic (exact) mass is 330 g/mol. The number of nitrogens with one attached hydrogen (secondary N) is 1. The summed E-state index contributed by atoms with van der Waals surface area (Å²) in [6.07, 6.45) is 1.15. The Morgan fingerprint density at radius 3 is 2.70 bits per heavy atom. The van der Waals surface area contributed by atoms with Gasteiger partial charge in [-0.15, -0.1) is 0 Å². The number of hydrogen-bond donors (Lipinski definition) is 1. The van der Waals surface area contributed by atoms with Crippen LogP contribution in [0.2, 0.25) is 0 Å². The maximum absolute atomic E-state index is 3.51. The molecule has 0 saturated heterocycles. The van der Waals surface area contributed by atoms with Crippen LogP contribution in [0.25, 0.3) is 0 Å². The average molecular weight is 331 g/mol. The minimum Gasteiger partial charge on any atom is -0.384 e. The molecule has 0 fully saturated rings. The lowest BCUT2D eigenvalue weighted by molar-refractivity contribution is 0.319. The predicted molar refractivity (Wildman–Crippen MR) is 87.9 cm³/mol. The van der Waals surface area contributed by atoms with Crippen molar-refractivity contribution in [1.82, 2.24) is 4.90 Å². The largest absolute Gasteiger partial charge is 0.384 e. The highest BCUT2D eigenvalue weighted by Crippen LogP contribution is 2.27. The SMILES string of the molecule is CN(Cc1ccc(Br)cc1)Cc1cccc2c1NCC2. The van der Waals surface area contributed by atoms with E-state index in [9.17, 15) is 0 Å². The van der Waals surface area contributed by atoms with Crippen LogP contribution in [0.1, 0.15) is 16.7 Å². The highest BCUT2D eigenvalue weighted by molar-refractivity contribution is 9.10. The molecule has 0 radical (unpaired) electrons. The van der Waals surface area contributed by atoms with Gasteiger partial charge in [-0.2, -0.15) is 0 Å². The lowest BCUT2D eigenvalue weighted by Gasteiger charge is -2.19. The van der Waals surface area contributed by atoms with E-state index in [2.05, 4.69) is 75.7 Å². The van der Waals surface area contributed by atoms with Crippen molar-refractivity contribution >= 4 is 21.6 Å². The topological polar surface area (TPSA) is 15.3 Å². The van der Waals surface area contributed by atoms with Crippen molar-refractivity contribution in [3.05, 3.63) is 63.6 Å². The van der Waals surface area contributed by atoms with Crippen molar-refractivity contribution < 1.29 is 0 Å². The molecule has 0 aromatic heterocycles. The van der Waals surface area contributed by atoms with Crippen LogP contribution in [0.4, 0.5) is 5.69 Å². The first-order valence-electron chi connectivity index (χ1n) is 7.00. The van der Waals surface area contributed by atoms with Gasteiger partial charge in [-0.05, 0) is 42.3 Å². The van der Waals surface area contributed by atoms with E-state index in [0.29, 0.717) is 0 Å². The predicted octanol–water partition coefficient (Wildman–Crippen LogP) is 4.05. The van der Waals surface area contributed by atoms with Crippen LogP contribution in [-0.2, 0) is 19.5 Å². The summed E-state index contributed by atoms with van der Waals surface area (Å²) in [5.41, 5.74) is 5.56. The van der Waals surface area contributed by atoms with Crippen LogP contribution >= 0.6 is 15.9 Å². The Bertz CT molecular complexity index is 592. The number of rotatable bonds is 4. The first-order valence-corrected chi connectivity index (χ1v) is 7.79. The van der Waals surface area contributed by atoms with E-state index < -0.39 is 0 Å². The fraction of sp³-hybridized carbons (Fsp3) is 0.294. The number of benzene rings is 2. The van der Waals surface area contributed by atoms with Gasteiger partial charge in [0.15, 0.2) is 0 Å². The molecule has 0 amide bonds. The van der Waals surface area contributed by atoms with E-state index in [-0.39, 0.29) is 0 Å². The molecular weight excluding hydrogens is 312 g/mol. The number of halogens is 1. The summed E-state index contributed by atoms with van der Waals surface area (Å²) in [5.74, 6) is 0. The van der Waals surface area contributed by atoms with E-state index in [0.717, 1.165) is 30.5 Å². The molecule has 1 heterocycles. The van der Waals surface area contributed by atoms with Crippen molar-refractivity contribution in [3.63, 3.8) is 0 Å². The average Bonchev–Trinajstić information content (AvgIpc) is 2.91. The standard InChI is InChI=1S/C17H19BrN2/c1-20(11-13-5-7-16(18)8-6-13)12-15-4-2-3-14-9-10-19-17(14)15/h2-8,19H,9-12H2,1H3. The lowest BCUT2D eigenvalue weighted by Crippen LogP contribution is -2.17. The highest BCUT2D eigenvalue weighted by Gasteiger charge is 2.14. The lowest BCUT2D eigenvalue weighted by atomic mass is 10.1. The van der Waals surface area contributed by atoms with Gasteiger partial charge in [-0.25, -0.2) is 0 Å². The summed E-state index contributed by atoms with van der Waals surface area (Å²) in [5, 5.41) is 3.51. The molecule has 0 saturated carbocycles. The summed E-state index contributed by atoms with van der Waals surface area (Å²) < 4.78 is 1.13. The molecule has 0 aliphatic carbocycles. The van der Waals surface area contributed by atoms with Crippen LogP contribution in [0, 0.1) is 0 Å². The number of anilines is 1. The third kappa shape index (κ3) is 3.05. The Morgan fingerprint density at radius 1 is 1.10 bits per heavy atom. The van der Waals surface area contributed by atoms with Crippen molar-refractivity contribution in [2.75, 3.05) is 18.9 Å². The van der Waals surface area contributed by atoms with E-state index >= 15 is 0 Å². The molecule has 0 atom stereocenters. The van der Waals surface area contributed by atoms with Crippen LogP contribution < -0.4 is 5.32 Å². The molecule has 20 heavy (non-hydrogen) atoms. The minimum atomic E-state index is 0.969. The highest BCUT2D eigenvalue weighted by atomic mass is 79.9. The quantitative estimate of drug-likeness (QED) is 0.909. The van der Waals surface area contributed by atoms with E-state index in [1.54, 1.807) is 0 Å². The molecule has 3 rings (SSSR count). The van der Waals surface area contributed by atoms with Gasteiger partial charge < -0.3 is 5.32 Å². The summed E-state index contributed by atoms with van der Waals surface area (Å²) >= 11 is 3.48. The molecule has 0 bridgehead atoms. The fourth-order valence-corrected chi connectivity index (χ4v) is 3.06. The summed E-state index contributed by atoms with van der Waals surface area (Å²) in [4.78, 5) is 2.36. The van der Waals surface area contributed by atoms with Gasteiger partial charge in [0.05, 0.1) is 0 Å². The van der Waals surface area contributed by atoms with E-state index in [1.165, 1.54) is 22.4 Å². The number of hydrogen-bond acceptors (Lipinski definition) is 2. The van der Waals surface area contributed by atoms with Crippen molar-refractivity contribution in [2.45, 2.75) is 19.5 Å². The third-order valence-corrected chi connectivity index (χ3v) is 4.27. The number of fused-ring (bicyclic) bond motifs is 1. The van der Waals surface area contributed by atoms with Crippen molar-refractivity contribution in [2.24, 2.45) is 0 Å². The molecular formula is C17H19BrN2. The number of nitrogens with zero attached hydrogens (tertiary/aromatic N) is 1. The van der Waals surface area contributed by atoms with Gasteiger partial charge in [-0.3, -0.25) is 4.90 Å². The second-order valence-corrected chi connectivity index (χ2v) is 6.34. The molecule has 3 heteroatoms. The molecule has 2 nitrogen and oxygen atoms in total. The zero-order chi connectivity index (χ0) is 13.9. The summed E-state index contributed by atoms with van der Waals surface area (Å²) in [6, 6.07) is 15.2. The van der Waals surface area contributed by atoms with Gasteiger partial charge in [0.25, 0.3) is 0 Å². The maximum Gasteiger partial charge on any atom is 0.0419 e. The van der Waals surface area contributed by atoms with E-state index in [4.69, 9.17) is 0 Å². The normalized spacial score (nSPS) is 13.3. The Labute approximate surface area is 128 Å². The smallest absolute Gasteiger partial charge is 0.0419 e. The maximum atomic E-state index is 3.51. The van der Waals surface area contributed by atoms with Gasteiger partial charge in [0.2, 0.25) is 0 Å². The third-order valence-electron chi connectivity index (χ3n) is 3.74. The van der Waals surface area contributed by atoms with Gasteiger partial charge in [0, 0.05) is 29.8 Å². The van der Waals surface area contributed by atoms with Crippen LogP contribution in [0.3, 0.4) is 0 Å². The van der Waals surface area contributed by atoms with Crippen LogP contribution in [-0.4, -0.2) is 18.5 Å². The van der Waals surface area contributed by atoms with Gasteiger partial charge >= 0.3 is 0 Å². The van der Waals surface area contributed by atoms with Gasteiger partial charge in [0.1, 0.15) is 0 Å². The Hall–Kier alpha value is -1.32. The fourth-order valence-electron chi connectivity index (χ4n) is 2.79. The zero-order valence-corrected chi connectivity index (χ0v) is 13.3. The molecule has 0 spiro atoms. The zero-order valence-electron chi connectivity index (χ0n) is 11.7. The molecule has 104 valence electrons. The Kier molecular flexibility index (Phi) is 4.08. The summed E-state index contributed by atoms with van der Waals surface area (Å²) in [6.45, 7) is 3.02. The van der Waals surface area contributed by atoms with Crippen LogP contribution in [0.15, 0.2) is 46.9 Å². The molecule has 1 aliphatic heterocycles. The second-order valence-electron chi connectivity index (χ2n) is 5.43. The Morgan fingerprint density at radius 2 is 1.90 bits per heavy atom.